The highest BCUT2D eigenvalue weighted by Crippen LogP contribution is 2.14. The molecule has 0 spiro atoms. The monoisotopic (exact) mass is 240 g/mol. The van der Waals surface area contributed by atoms with E-state index in [9.17, 15) is 8.42 Å². The van der Waals surface area contributed by atoms with E-state index in [0.717, 1.165) is 12.8 Å². The van der Waals surface area contributed by atoms with Crippen LogP contribution < -0.4 is 5.73 Å². The fourth-order valence-electron chi connectivity index (χ4n) is 1.18. The van der Waals surface area contributed by atoms with E-state index in [1.165, 1.54) is 6.04 Å². The molecule has 0 amide bonds. The largest absolute Gasteiger partial charge is 0.341 e. The Morgan fingerprint density at radius 1 is 1.29 bits per heavy atom. The Kier molecular flexibility index (Phi) is 5.28. The van der Waals surface area contributed by atoms with Crippen LogP contribution in [0.25, 0.3) is 0 Å². The minimum Gasteiger partial charge on any atom is -0.341 e. The van der Waals surface area contributed by atoms with Crippen molar-refractivity contribution in [1.29, 1.82) is 0 Å². The summed E-state index contributed by atoms with van der Waals surface area (Å²) in [6, 6.07) is 1.20. The third kappa shape index (κ3) is 7.49. The Morgan fingerprint density at radius 2 is 1.79 bits per heavy atom. The summed E-state index contributed by atoms with van der Waals surface area (Å²) >= 11 is 0. The molecule has 0 saturated heterocycles. The molecule has 0 rings (SSSR count). The van der Waals surface area contributed by atoms with Crippen molar-refractivity contribution >= 4 is 18.2 Å². The maximum atomic E-state index is 10.6. The van der Waals surface area contributed by atoms with Gasteiger partial charge in [0, 0.05) is 14.5 Å². The summed E-state index contributed by atoms with van der Waals surface area (Å²) in [4.78, 5) is 0. The van der Waals surface area contributed by atoms with Gasteiger partial charge in [0.1, 0.15) is 0 Å². The minimum atomic E-state index is -3.92. The van der Waals surface area contributed by atoms with Crippen molar-refractivity contribution in [3.8, 4) is 0 Å². The van der Waals surface area contributed by atoms with Crippen LogP contribution >= 0.6 is 0 Å². The Balaban J connectivity index is 3.67. The van der Waals surface area contributed by atoms with Crippen LogP contribution in [0, 0.1) is 0 Å². The van der Waals surface area contributed by atoms with Gasteiger partial charge in [-0.05, 0) is 6.42 Å². The standard InChI is InChI=1S/C8H21NO3SSi/c1-14(2,3)7-5-4-6-8(9)13(10,11)12/h8H,4-7,9H2,1-3H3,(H,10,11,12)/p+1. The van der Waals surface area contributed by atoms with Crippen molar-refractivity contribution < 1.29 is 18.7 Å². The average molecular weight is 240 g/mol. The van der Waals surface area contributed by atoms with Crippen LogP contribution in [-0.2, 0) is 10.1 Å². The van der Waals surface area contributed by atoms with Crippen LogP contribution in [0.3, 0.4) is 0 Å². The topological polar surface area (TPSA) is 82.0 Å². The molecule has 0 aromatic heterocycles. The summed E-state index contributed by atoms with van der Waals surface area (Å²) in [6.45, 7) is 6.87. The molecule has 4 N–H and O–H groups in total. The Labute approximate surface area is 87.6 Å². The second-order valence-corrected chi connectivity index (χ2v) is 12.3. The maximum absolute atomic E-state index is 10.6. The van der Waals surface area contributed by atoms with Crippen molar-refractivity contribution in [3.63, 3.8) is 0 Å². The molecule has 0 aliphatic rings. The van der Waals surface area contributed by atoms with Gasteiger partial charge in [0.05, 0.1) is 0 Å². The maximum Gasteiger partial charge on any atom is 0.319 e. The third-order valence-electron chi connectivity index (χ3n) is 2.12. The van der Waals surface area contributed by atoms with E-state index in [-0.39, 0.29) is 0 Å². The van der Waals surface area contributed by atoms with Gasteiger partial charge in [0.15, 0.2) is 0 Å². The quantitative estimate of drug-likeness (QED) is 0.412. The van der Waals surface area contributed by atoms with E-state index >= 15 is 0 Å². The molecule has 4 nitrogen and oxygen atoms in total. The minimum absolute atomic E-state index is 0.462. The summed E-state index contributed by atoms with van der Waals surface area (Å²) in [5.41, 5.74) is 3.42. The first-order valence-corrected chi connectivity index (χ1v) is 10.1. The first kappa shape index (κ1) is 14.1. The summed E-state index contributed by atoms with van der Waals surface area (Å²) < 4.78 is 29.9. The molecule has 86 valence electrons. The van der Waals surface area contributed by atoms with E-state index in [4.69, 9.17) is 4.55 Å². The van der Waals surface area contributed by atoms with Gasteiger partial charge in [0.2, 0.25) is 5.37 Å². The highest BCUT2D eigenvalue weighted by Gasteiger charge is 2.21. The van der Waals surface area contributed by atoms with Gasteiger partial charge in [-0.15, -0.1) is 0 Å². The summed E-state index contributed by atoms with van der Waals surface area (Å²) in [6.07, 6.45) is 2.33. The van der Waals surface area contributed by atoms with Crippen LogP contribution in [0.5, 0.6) is 0 Å². The number of unbranched alkanes of at least 4 members (excludes halogenated alkanes) is 1. The average Bonchev–Trinajstić information content (AvgIpc) is 1.93. The molecule has 1 unspecified atom stereocenters. The zero-order valence-corrected chi connectivity index (χ0v) is 11.1. The zero-order chi connectivity index (χ0) is 11.4. The van der Waals surface area contributed by atoms with Gasteiger partial charge in [-0.2, -0.15) is 8.42 Å². The summed E-state index contributed by atoms with van der Waals surface area (Å²) in [5, 5.41) is -0.857. The van der Waals surface area contributed by atoms with Crippen LogP contribution in [0.15, 0.2) is 0 Å². The highest BCUT2D eigenvalue weighted by atomic mass is 32.2. The van der Waals surface area contributed by atoms with Gasteiger partial charge in [-0.3, -0.25) is 4.55 Å². The Hall–Kier alpha value is 0.0869. The number of hydrogen-bond acceptors (Lipinski definition) is 2. The molecule has 0 aliphatic carbocycles. The molecule has 6 heteroatoms. The van der Waals surface area contributed by atoms with E-state index in [0.29, 0.717) is 6.42 Å². The molecule has 0 bridgehead atoms. The lowest BCUT2D eigenvalue weighted by molar-refractivity contribution is -0.391. The van der Waals surface area contributed by atoms with Gasteiger partial charge in [-0.1, -0.05) is 32.1 Å². The zero-order valence-electron chi connectivity index (χ0n) is 9.28. The second kappa shape index (κ2) is 5.25. The van der Waals surface area contributed by atoms with Crippen molar-refractivity contribution in [3.05, 3.63) is 0 Å². The van der Waals surface area contributed by atoms with Crippen LogP contribution in [0.4, 0.5) is 0 Å². The molecule has 0 saturated carbocycles. The number of quaternary nitrogens is 1. The lowest BCUT2D eigenvalue weighted by Gasteiger charge is -2.15. The number of hydrogen-bond donors (Lipinski definition) is 2. The molecular formula is C8H22NO3SSi+. The molecule has 0 heterocycles. The van der Waals surface area contributed by atoms with Crippen LogP contribution in [0.2, 0.25) is 25.7 Å². The molecule has 0 aromatic carbocycles. The van der Waals surface area contributed by atoms with E-state index < -0.39 is 23.6 Å². The molecule has 0 aliphatic heterocycles. The summed E-state index contributed by atoms with van der Waals surface area (Å²) in [7, 11) is -4.93. The lowest BCUT2D eigenvalue weighted by atomic mass is 10.2. The first-order chi connectivity index (χ1) is 6.13. The van der Waals surface area contributed by atoms with Gasteiger partial charge in [-0.25, -0.2) is 0 Å². The fraction of sp³-hybridized carbons (Fsp3) is 1.00. The van der Waals surface area contributed by atoms with Gasteiger partial charge in [0.25, 0.3) is 0 Å². The van der Waals surface area contributed by atoms with E-state index in [1.807, 2.05) is 0 Å². The Bertz CT molecular complexity index is 258. The molecule has 1 atom stereocenters. The SMILES string of the molecule is C[Si](C)(C)CCCCC([NH3+])S(=O)(=O)O. The molecule has 14 heavy (non-hydrogen) atoms. The van der Waals surface area contributed by atoms with Crippen molar-refractivity contribution in [2.75, 3.05) is 0 Å². The molecule has 0 radical (unpaired) electrons. The fourth-order valence-corrected chi connectivity index (χ4v) is 2.95. The second-order valence-electron chi connectivity index (χ2n) is 4.94. The predicted octanol–water partition coefficient (Wildman–Crippen LogP) is 0.951. The predicted molar refractivity (Wildman–Crippen MR) is 60.2 cm³/mol. The van der Waals surface area contributed by atoms with Crippen LogP contribution in [0.1, 0.15) is 19.3 Å². The van der Waals surface area contributed by atoms with Crippen molar-refractivity contribution in [1.82, 2.24) is 0 Å². The van der Waals surface area contributed by atoms with Crippen LogP contribution in [-0.4, -0.2) is 26.4 Å². The lowest BCUT2D eigenvalue weighted by Crippen LogP contribution is -2.64. The van der Waals surface area contributed by atoms with E-state index in [2.05, 4.69) is 25.4 Å². The smallest absolute Gasteiger partial charge is 0.319 e. The van der Waals surface area contributed by atoms with Crippen molar-refractivity contribution in [2.24, 2.45) is 0 Å². The van der Waals surface area contributed by atoms with Gasteiger partial charge >= 0.3 is 10.1 Å². The molecule has 0 fully saturated rings. The molecular weight excluding hydrogens is 218 g/mol. The normalized spacial score (nSPS) is 15.5. The number of rotatable bonds is 6. The van der Waals surface area contributed by atoms with Gasteiger partial charge < -0.3 is 5.73 Å². The first-order valence-electron chi connectivity index (χ1n) is 4.92. The summed E-state index contributed by atoms with van der Waals surface area (Å²) in [5.74, 6) is 0. The molecule has 0 aromatic rings. The third-order valence-corrected chi connectivity index (χ3v) is 5.06. The Morgan fingerprint density at radius 3 is 2.14 bits per heavy atom. The van der Waals surface area contributed by atoms with Crippen molar-refractivity contribution in [2.45, 2.75) is 50.3 Å². The highest BCUT2D eigenvalue weighted by molar-refractivity contribution is 7.86. The van der Waals surface area contributed by atoms with E-state index in [1.54, 1.807) is 0 Å².